The summed E-state index contributed by atoms with van der Waals surface area (Å²) in [6.07, 6.45) is 7.64. The first-order chi connectivity index (χ1) is 18.5. The largest absolute Gasteiger partial charge is 0.480 e. The zero-order chi connectivity index (χ0) is 27.2. The molecule has 2 aromatic carbocycles. The first-order valence-electron chi connectivity index (χ1n) is 13.6. The number of aliphatic carboxylic acids is 1. The average Bonchev–Trinajstić information content (AvgIpc) is 3.24. The summed E-state index contributed by atoms with van der Waals surface area (Å²) in [5, 5.41) is 12.0. The normalized spacial score (nSPS) is 12.9. The van der Waals surface area contributed by atoms with Gasteiger partial charge in [0.05, 0.1) is 0 Å². The van der Waals surface area contributed by atoms with Gasteiger partial charge in [-0.1, -0.05) is 94.0 Å². The van der Waals surface area contributed by atoms with Crippen molar-refractivity contribution in [3.8, 4) is 11.1 Å². The molecule has 0 aromatic heterocycles. The Bertz CT molecular complexity index is 1010. The lowest BCUT2D eigenvalue weighted by Crippen LogP contribution is -2.43. The third-order valence-corrected chi connectivity index (χ3v) is 7.72. The van der Waals surface area contributed by atoms with E-state index in [2.05, 4.69) is 24.4 Å². The topological polar surface area (TPSA) is 102 Å². The summed E-state index contributed by atoms with van der Waals surface area (Å²) >= 11 is 1.31. The standard InChI is InChI=1S/C30H39NO6S/c1-2-3-4-5-6-7-8-17-28(32)36-18-19-38-21-27(29(33)34)31-30(35)37-20-26-24-15-11-9-13-22(24)23-14-10-12-16-25(23)26/h9-16,26-27H,2-8,17-21H2,1H3,(H,31,35)(H,33,34). The third-order valence-electron chi connectivity index (χ3n) is 6.69. The van der Waals surface area contributed by atoms with Crippen molar-refractivity contribution in [1.29, 1.82) is 0 Å². The van der Waals surface area contributed by atoms with E-state index in [1.807, 2.05) is 36.4 Å². The molecule has 1 unspecified atom stereocenters. The summed E-state index contributed by atoms with van der Waals surface area (Å²) in [7, 11) is 0. The van der Waals surface area contributed by atoms with E-state index in [-0.39, 0.29) is 30.9 Å². The summed E-state index contributed by atoms with van der Waals surface area (Å²) in [5.74, 6) is -0.845. The Kier molecular flexibility index (Phi) is 12.5. The van der Waals surface area contributed by atoms with Crippen LogP contribution in [-0.4, -0.2) is 53.9 Å². The molecule has 2 aromatic rings. The maximum absolute atomic E-state index is 12.4. The molecule has 1 atom stereocenters. The molecule has 0 heterocycles. The monoisotopic (exact) mass is 541 g/mol. The number of nitrogens with one attached hydrogen (secondary N) is 1. The molecule has 0 fully saturated rings. The molecule has 3 rings (SSSR count). The van der Waals surface area contributed by atoms with Crippen LogP contribution in [0.15, 0.2) is 48.5 Å². The van der Waals surface area contributed by atoms with Crippen LogP contribution in [0.5, 0.6) is 0 Å². The van der Waals surface area contributed by atoms with Gasteiger partial charge in [0.15, 0.2) is 0 Å². The minimum absolute atomic E-state index is 0.0958. The van der Waals surface area contributed by atoms with E-state index in [4.69, 9.17) is 9.47 Å². The zero-order valence-electron chi connectivity index (χ0n) is 22.2. The summed E-state index contributed by atoms with van der Waals surface area (Å²) in [6.45, 7) is 2.53. The number of alkyl carbamates (subject to hydrolysis) is 1. The van der Waals surface area contributed by atoms with Gasteiger partial charge in [-0.2, -0.15) is 11.8 Å². The number of carboxylic acids is 1. The molecule has 2 N–H and O–H groups in total. The van der Waals surface area contributed by atoms with Crippen molar-refractivity contribution in [3.63, 3.8) is 0 Å². The minimum Gasteiger partial charge on any atom is -0.480 e. The van der Waals surface area contributed by atoms with Crippen molar-refractivity contribution in [2.24, 2.45) is 0 Å². The fraction of sp³-hybridized carbons (Fsp3) is 0.500. The highest BCUT2D eigenvalue weighted by Gasteiger charge is 2.29. The van der Waals surface area contributed by atoms with Crippen LogP contribution in [0, 0.1) is 0 Å². The highest BCUT2D eigenvalue weighted by Crippen LogP contribution is 2.44. The summed E-state index contributed by atoms with van der Waals surface area (Å²) < 4.78 is 10.7. The highest BCUT2D eigenvalue weighted by molar-refractivity contribution is 7.99. The Morgan fingerprint density at radius 3 is 2.13 bits per heavy atom. The lowest BCUT2D eigenvalue weighted by atomic mass is 9.98. The molecule has 7 nitrogen and oxygen atoms in total. The van der Waals surface area contributed by atoms with Crippen LogP contribution < -0.4 is 5.32 Å². The van der Waals surface area contributed by atoms with Crippen molar-refractivity contribution in [3.05, 3.63) is 59.7 Å². The molecular weight excluding hydrogens is 502 g/mol. The molecule has 8 heteroatoms. The minimum atomic E-state index is -1.14. The first kappa shape index (κ1) is 29.6. The van der Waals surface area contributed by atoms with Crippen LogP contribution in [0.4, 0.5) is 4.79 Å². The number of carboxylic acid groups (broad SMARTS) is 1. The second kappa shape index (κ2) is 16.1. The molecule has 0 saturated heterocycles. The zero-order valence-corrected chi connectivity index (χ0v) is 23.0. The van der Waals surface area contributed by atoms with Gasteiger partial charge in [0.1, 0.15) is 19.3 Å². The molecule has 0 aliphatic heterocycles. The fourth-order valence-corrected chi connectivity index (χ4v) is 5.50. The Morgan fingerprint density at radius 2 is 1.50 bits per heavy atom. The van der Waals surface area contributed by atoms with Crippen molar-refractivity contribution in [2.45, 2.75) is 70.3 Å². The predicted molar refractivity (Wildman–Crippen MR) is 151 cm³/mol. The van der Waals surface area contributed by atoms with Gasteiger partial charge in [-0.25, -0.2) is 9.59 Å². The Morgan fingerprint density at radius 1 is 0.895 bits per heavy atom. The molecule has 0 saturated carbocycles. The van der Waals surface area contributed by atoms with Crippen molar-refractivity contribution >= 4 is 29.8 Å². The molecule has 38 heavy (non-hydrogen) atoms. The first-order valence-corrected chi connectivity index (χ1v) is 14.7. The SMILES string of the molecule is CCCCCCCCCC(=O)OCCSCC(NC(=O)OCC1c2ccccc2-c2ccccc21)C(=O)O. The lowest BCUT2D eigenvalue weighted by Gasteiger charge is -2.17. The van der Waals surface area contributed by atoms with Gasteiger partial charge in [-0.15, -0.1) is 0 Å². The molecule has 0 radical (unpaired) electrons. The number of amides is 1. The number of fused-ring (bicyclic) bond motifs is 3. The van der Waals surface area contributed by atoms with Crippen molar-refractivity contribution < 1.29 is 29.0 Å². The van der Waals surface area contributed by atoms with Gasteiger partial charge < -0.3 is 19.9 Å². The number of carbonyl (C=O) groups is 3. The van der Waals surface area contributed by atoms with Gasteiger partial charge in [-0.3, -0.25) is 4.79 Å². The third kappa shape index (κ3) is 9.08. The van der Waals surface area contributed by atoms with Gasteiger partial charge in [0.25, 0.3) is 0 Å². The van der Waals surface area contributed by atoms with Crippen LogP contribution >= 0.6 is 11.8 Å². The van der Waals surface area contributed by atoms with E-state index in [1.165, 1.54) is 37.4 Å². The van der Waals surface area contributed by atoms with Crippen LogP contribution in [0.25, 0.3) is 11.1 Å². The van der Waals surface area contributed by atoms with E-state index < -0.39 is 18.1 Å². The summed E-state index contributed by atoms with van der Waals surface area (Å²) in [5.41, 5.74) is 4.43. The van der Waals surface area contributed by atoms with E-state index in [9.17, 15) is 19.5 Å². The Labute approximate surface area is 229 Å². The molecular formula is C30H39NO6S. The van der Waals surface area contributed by atoms with Crippen LogP contribution in [0.2, 0.25) is 0 Å². The van der Waals surface area contributed by atoms with Gasteiger partial charge >= 0.3 is 18.0 Å². The number of carbonyl (C=O) groups excluding carboxylic acids is 2. The molecule has 1 aliphatic rings. The second-order valence-corrected chi connectivity index (χ2v) is 10.7. The van der Waals surface area contributed by atoms with Gasteiger partial charge in [-0.05, 0) is 28.7 Å². The number of hydrogen-bond acceptors (Lipinski definition) is 6. The van der Waals surface area contributed by atoms with Gasteiger partial charge in [0.2, 0.25) is 0 Å². The number of esters is 1. The Hall–Kier alpha value is -3.00. The highest BCUT2D eigenvalue weighted by atomic mass is 32.2. The number of hydrogen-bond donors (Lipinski definition) is 2. The molecule has 1 aliphatic carbocycles. The predicted octanol–water partition coefficient (Wildman–Crippen LogP) is 6.40. The number of thioether (sulfide) groups is 1. The Balaban J connectivity index is 1.33. The molecule has 0 spiro atoms. The quantitative estimate of drug-likeness (QED) is 0.177. The average molecular weight is 542 g/mol. The summed E-state index contributed by atoms with van der Waals surface area (Å²) in [4.78, 5) is 36.0. The summed E-state index contributed by atoms with van der Waals surface area (Å²) in [6, 6.07) is 15.0. The second-order valence-electron chi connectivity index (χ2n) is 9.53. The number of rotatable bonds is 17. The van der Waals surface area contributed by atoms with E-state index in [1.54, 1.807) is 0 Å². The van der Waals surface area contributed by atoms with Crippen molar-refractivity contribution in [1.82, 2.24) is 5.32 Å². The maximum atomic E-state index is 12.4. The van der Waals surface area contributed by atoms with E-state index in [0.29, 0.717) is 12.2 Å². The van der Waals surface area contributed by atoms with Gasteiger partial charge in [0, 0.05) is 23.8 Å². The molecule has 0 bridgehead atoms. The lowest BCUT2D eigenvalue weighted by molar-refractivity contribution is -0.143. The van der Waals surface area contributed by atoms with Crippen molar-refractivity contribution in [2.75, 3.05) is 24.7 Å². The smallest absolute Gasteiger partial charge is 0.407 e. The number of unbranched alkanes of at least 4 members (excludes halogenated alkanes) is 6. The van der Waals surface area contributed by atoms with Crippen LogP contribution in [-0.2, 0) is 19.1 Å². The molecule has 1 amide bonds. The van der Waals surface area contributed by atoms with E-state index in [0.717, 1.165) is 41.5 Å². The fourth-order valence-electron chi connectivity index (χ4n) is 4.67. The van der Waals surface area contributed by atoms with E-state index >= 15 is 0 Å². The molecule has 206 valence electrons. The maximum Gasteiger partial charge on any atom is 0.407 e. The number of ether oxygens (including phenoxy) is 2. The van der Waals surface area contributed by atoms with Crippen LogP contribution in [0.1, 0.15) is 75.3 Å². The number of benzene rings is 2. The van der Waals surface area contributed by atoms with Crippen LogP contribution in [0.3, 0.4) is 0 Å².